The summed E-state index contributed by atoms with van der Waals surface area (Å²) in [6.07, 6.45) is -2.51. The number of carbonyl (C=O) groups excluding carboxylic acids is 1. The van der Waals surface area contributed by atoms with Gasteiger partial charge in [0.25, 0.3) is 11.5 Å². The van der Waals surface area contributed by atoms with Gasteiger partial charge in [-0.1, -0.05) is 23.7 Å². The maximum Gasteiger partial charge on any atom is 0.416 e. The monoisotopic (exact) mass is 508 g/mol. The van der Waals surface area contributed by atoms with Gasteiger partial charge in [-0.15, -0.1) is 0 Å². The molecule has 0 radical (unpaired) electrons. The molecule has 35 heavy (non-hydrogen) atoms. The lowest BCUT2D eigenvalue weighted by Crippen LogP contribution is -2.44. The summed E-state index contributed by atoms with van der Waals surface area (Å²) in [6.45, 7) is 0.930. The number of aromatic nitrogens is 3. The van der Waals surface area contributed by atoms with Crippen molar-refractivity contribution in [1.29, 1.82) is 0 Å². The van der Waals surface area contributed by atoms with E-state index in [9.17, 15) is 27.6 Å². The first kappa shape index (κ1) is 24.7. The Balaban J connectivity index is 1.59. The second kappa shape index (κ2) is 9.67. The zero-order chi connectivity index (χ0) is 25.2. The van der Waals surface area contributed by atoms with Crippen LogP contribution in [-0.4, -0.2) is 40.4 Å². The molecule has 184 valence electrons. The fraction of sp³-hybridized carbons (Fsp3) is 0.304. The third-order valence-corrected chi connectivity index (χ3v) is 6.34. The molecule has 1 saturated heterocycles. The van der Waals surface area contributed by atoms with Crippen molar-refractivity contribution in [2.24, 2.45) is 0 Å². The standard InChI is InChI=1S/C23H20ClF3N4O4/c24-18-6-5-16(31-21(34)30-19(32)12-29-31)11-17(18)20(33)28-13-22(7-9-35-10-8-22)14-1-3-15(4-2-14)23(25,26)27/h1-6,11-12H,7-10,13H2,(H,28,33)(H,30,32,34). The zero-order valence-electron chi connectivity index (χ0n) is 18.2. The second-order valence-corrected chi connectivity index (χ2v) is 8.57. The minimum Gasteiger partial charge on any atom is -0.381 e. The predicted octanol–water partition coefficient (Wildman–Crippen LogP) is 3.07. The second-order valence-electron chi connectivity index (χ2n) is 8.17. The predicted molar refractivity (Wildman–Crippen MR) is 121 cm³/mol. The van der Waals surface area contributed by atoms with Crippen molar-refractivity contribution in [3.63, 3.8) is 0 Å². The molecular weight excluding hydrogens is 489 g/mol. The van der Waals surface area contributed by atoms with Crippen LogP contribution in [0.2, 0.25) is 5.02 Å². The molecule has 12 heteroatoms. The van der Waals surface area contributed by atoms with E-state index in [1.807, 2.05) is 0 Å². The molecule has 1 aromatic heterocycles. The van der Waals surface area contributed by atoms with Crippen molar-refractivity contribution in [1.82, 2.24) is 20.1 Å². The van der Waals surface area contributed by atoms with Crippen LogP contribution in [0.25, 0.3) is 5.69 Å². The summed E-state index contributed by atoms with van der Waals surface area (Å²) < 4.78 is 45.4. The lowest BCUT2D eigenvalue weighted by Gasteiger charge is -2.38. The lowest BCUT2D eigenvalue weighted by molar-refractivity contribution is -0.137. The smallest absolute Gasteiger partial charge is 0.381 e. The molecule has 0 saturated carbocycles. The van der Waals surface area contributed by atoms with Gasteiger partial charge in [0, 0.05) is 25.2 Å². The van der Waals surface area contributed by atoms with Crippen molar-refractivity contribution in [2.45, 2.75) is 24.4 Å². The molecule has 0 aliphatic carbocycles. The fourth-order valence-corrected chi connectivity index (χ4v) is 4.25. The van der Waals surface area contributed by atoms with E-state index in [0.717, 1.165) is 23.0 Å². The number of rotatable bonds is 5. The van der Waals surface area contributed by atoms with E-state index >= 15 is 0 Å². The highest BCUT2D eigenvalue weighted by Crippen LogP contribution is 2.37. The Kier molecular flexibility index (Phi) is 6.82. The number of aromatic amines is 1. The first-order valence-corrected chi connectivity index (χ1v) is 11.0. The van der Waals surface area contributed by atoms with Crippen molar-refractivity contribution < 1.29 is 22.7 Å². The SMILES string of the molecule is O=C(NCC1(c2ccc(C(F)(F)F)cc2)CCOCC1)c1cc(-n2ncc(=O)[nH]c2=O)ccc1Cl. The molecule has 0 atom stereocenters. The summed E-state index contributed by atoms with van der Waals surface area (Å²) >= 11 is 6.22. The number of hydrogen-bond donors (Lipinski definition) is 2. The highest BCUT2D eigenvalue weighted by atomic mass is 35.5. The lowest BCUT2D eigenvalue weighted by atomic mass is 9.74. The van der Waals surface area contributed by atoms with E-state index < -0.39 is 34.3 Å². The van der Waals surface area contributed by atoms with Crippen molar-refractivity contribution in [2.75, 3.05) is 19.8 Å². The van der Waals surface area contributed by atoms with Gasteiger partial charge in [0.1, 0.15) is 6.20 Å². The van der Waals surface area contributed by atoms with E-state index in [-0.39, 0.29) is 22.8 Å². The number of carbonyl (C=O) groups is 1. The topological polar surface area (TPSA) is 106 Å². The Hall–Kier alpha value is -3.44. The largest absolute Gasteiger partial charge is 0.416 e. The number of amides is 1. The Morgan fingerprint density at radius 3 is 2.46 bits per heavy atom. The summed E-state index contributed by atoms with van der Waals surface area (Å²) in [5.41, 5.74) is -1.87. The molecular formula is C23H20ClF3N4O4. The van der Waals surface area contributed by atoms with Gasteiger partial charge >= 0.3 is 11.9 Å². The minimum atomic E-state index is -4.44. The van der Waals surface area contributed by atoms with Gasteiger partial charge < -0.3 is 10.1 Å². The van der Waals surface area contributed by atoms with E-state index in [1.54, 1.807) is 0 Å². The zero-order valence-corrected chi connectivity index (χ0v) is 18.9. The maximum absolute atomic E-state index is 13.0. The van der Waals surface area contributed by atoms with Crippen LogP contribution in [0.15, 0.2) is 58.3 Å². The number of nitrogens with one attached hydrogen (secondary N) is 2. The molecule has 2 heterocycles. The number of ether oxygens (including phenoxy) is 1. The van der Waals surface area contributed by atoms with Gasteiger partial charge in [-0.3, -0.25) is 14.6 Å². The molecule has 8 nitrogen and oxygen atoms in total. The van der Waals surface area contributed by atoms with Crippen LogP contribution in [0.1, 0.15) is 34.3 Å². The summed E-state index contributed by atoms with van der Waals surface area (Å²) in [5.74, 6) is -0.535. The van der Waals surface area contributed by atoms with E-state index in [4.69, 9.17) is 16.3 Å². The summed E-state index contributed by atoms with van der Waals surface area (Å²) in [5, 5.41) is 6.72. The summed E-state index contributed by atoms with van der Waals surface area (Å²) in [7, 11) is 0. The number of alkyl halides is 3. The van der Waals surface area contributed by atoms with Gasteiger partial charge in [-0.2, -0.15) is 23.0 Å². The Bertz CT molecular complexity index is 1350. The Morgan fingerprint density at radius 2 is 1.83 bits per heavy atom. The van der Waals surface area contributed by atoms with Crippen LogP contribution >= 0.6 is 11.6 Å². The Morgan fingerprint density at radius 1 is 1.14 bits per heavy atom. The van der Waals surface area contributed by atoms with Gasteiger partial charge in [0.2, 0.25) is 0 Å². The van der Waals surface area contributed by atoms with Crippen LogP contribution in [0, 0.1) is 0 Å². The highest BCUT2D eigenvalue weighted by molar-refractivity contribution is 6.33. The molecule has 0 bridgehead atoms. The highest BCUT2D eigenvalue weighted by Gasteiger charge is 2.36. The van der Waals surface area contributed by atoms with Crippen LogP contribution in [0.4, 0.5) is 13.2 Å². The van der Waals surface area contributed by atoms with Crippen LogP contribution in [-0.2, 0) is 16.3 Å². The van der Waals surface area contributed by atoms with E-state index in [0.29, 0.717) is 31.6 Å². The number of halogens is 4. The number of benzene rings is 2. The van der Waals surface area contributed by atoms with Crippen molar-refractivity contribution >= 4 is 17.5 Å². The first-order valence-electron chi connectivity index (χ1n) is 10.6. The third-order valence-electron chi connectivity index (χ3n) is 6.01. The van der Waals surface area contributed by atoms with Crippen LogP contribution in [0.3, 0.4) is 0 Å². The Labute approximate surface area is 201 Å². The average Bonchev–Trinajstić information content (AvgIpc) is 2.83. The molecule has 1 aliphatic rings. The number of H-pyrrole nitrogens is 1. The third kappa shape index (κ3) is 5.30. The molecule has 0 spiro atoms. The molecule has 4 rings (SSSR count). The number of hydrogen-bond acceptors (Lipinski definition) is 5. The van der Waals surface area contributed by atoms with Gasteiger partial charge in [0.15, 0.2) is 0 Å². The quantitative estimate of drug-likeness (QED) is 0.551. The van der Waals surface area contributed by atoms with E-state index in [1.165, 1.54) is 30.3 Å². The molecule has 1 aliphatic heterocycles. The normalized spacial score (nSPS) is 15.5. The molecule has 3 aromatic rings. The van der Waals surface area contributed by atoms with Crippen LogP contribution < -0.4 is 16.6 Å². The van der Waals surface area contributed by atoms with Crippen molar-refractivity contribution in [3.05, 3.63) is 91.2 Å². The van der Waals surface area contributed by atoms with E-state index in [2.05, 4.69) is 15.4 Å². The molecule has 0 unspecified atom stereocenters. The molecule has 1 fully saturated rings. The van der Waals surface area contributed by atoms with Gasteiger partial charge in [-0.05, 0) is 48.7 Å². The molecule has 1 amide bonds. The first-order chi connectivity index (χ1) is 16.6. The number of nitrogens with zero attached hydrogens (tertiary/aromatic N) is 2. The minimum absolute atomic E-state index is 0.0682. The average molecular weight is 509 g/mol. The summed E-state index contributed by atoms with van der Waals surface area (Å²) in [4.78, 5) is 38.5. The van der Waals surface area contributed by atoms with Gasteiger partial charge in [-0.25, -0.2) is 4.79 Å². The van der Waals surface area contributed by atoms with Crippen LogP contribution in [0.5, 0.6) is 0 Å². The van der Waals surface area contributed by atoms with Gasteiger partial charge in [0.05, 0.1) is 21.8 Å². The maximum atomic E-state index is 13.0. The summed E-state index contributed by atoms with van der Waals surface area (Å²) in [6, 6.07) is 9.18. The molecule has 2 aromatic carbocycles. The van der Waals surface area contributed by atoms with Crippen molar-refractivity contribution in [3.8, 4) is 5.69 Å². The molecule has 2 N–H and O–H groups in total. The fourth-order valence-electron chi connectivity index (χ4n) is 4.04.